The van der Waals surface area contributed by atoms with E-state index in [0.717, 1.165) is 5.69 Å². The van der Waals surface area contributed by atoms with Crippen molar-refractivity contribution >= 4 is 21.2 Å². The molecular formula is C11H20N2O2S2. The van der Waals surface area contributed by atoms with Crippen molar-refractivity contribution in [2.75, 3.05) is 6.54 Å². The van der Waals surface area contributed by atoms with Crippen LogP contribution in [0.3, 0.4) is 0 Å². The molecule has 0 aromatic carbocycles. The fourth-order valence-electron chi connectivity index (χ4n) is 1.18. The van der Waals surface area contributed by atoms with Crippen LogP contribution in [0, 0.1) is 0 Å². The normalized spacial score (nSPS) is 14.9. The lowest BCUT2D eigenvalue weighted by Gasteiger charge is -2.14. The van der Waals surface area contributed by atoms with Gasteiger partial charge >= 0.3 is 0 Å². The monoisotopic (exact) mass is 276 g/mol. The summed E-state index contributed by atoms with van der Waals surface area (Å²) in [5, 5.41) is 2.07. The largest absolute Gasteiger partial charge is 0.329 e. The molecule has 0 radical (unpaired) electrons. The first-order valence-electron chi connectivity index (χ1n) is 5.53. The SMILES string of the molecule is CC(CN)S(=O)(=O)Cc1nc(C(C)(C)C)cs1. The van der Waals surface area contributed by atoms with Gasteiger partial charge < -0.3 is 5.73 Å². The second-order valence-corrected chi connectivity index (χ2v) is 8.59. The molecule has 0 saturated carbocycles. The summed E-state index contributed by atoms with van der Waals surface area (Å²) in [7, 11) is -3.17. The fourth-order valence-corrected chi connectivity index (χ4v) is 3.74. The van der Waals surface area contributed by atoms with Crippen LogP contribution in [0.1, 0.15) is 38.4 Å². The summed E-state index contributed by atoms with van der Waals surface area (Å²) in [6.07, 6.45) is 0. The highest BCUT2D eigenvalue weighted by Gasteiger charge is 2.23. The molecule has 0 saturated heterocycles. The molecule has 1 aromatic rings. The zero-order chi connectivity index (χ0) is 13.3. The van der Waals surface area contributed by atoms with Crippen molar-refractivity contribution in [3.63, 3.8) is 0 Å². The van der Waals surface area contributed by atoms with Gasteiger partial charge in [0.25, 0.3) is 0 Å². The molecule has 1 rings (SSSR count). The summed E-state index contributed by atoms with van der Waals surface area (Å²) in [4.78, 5) is 4.38. The van der Waals surface area contributed by atoms with Gasteiger partial charge in [-0.1, -0.05) is 20.8 Å². The lowest BCUT2D eigenvalue weighted by Crippen LogP contribution is -2.27. The molecule has 1 atom stereocenters. The molecule has 98 valence electrons. The molecule has 2 N–H and O–H groups in total. The Morgan fingerprint density at radius 3 is 2.47 bits per heavy atom. The van der Waals surface area contributed by atoms with Gasteiger partial charge in [-0.3, -0.25) is 0 Å². The molecule has 0 spiro atoms. The predicted octanol–water partition coefficient (Wildman–Crippen LogP) is 1.70. The lowest BCUT2D eigenvalue weighted by molar-refractivity contribution is 0.569. The average molecular weight is 276 g/mol. The molecule has 1 unspecified atom stereocenters. The lowest BCUT2D eigenvalue weighted by atomic mass is 9.93. The van der Waals surface area contributed by atoms with E-state index in [4.69, 9.17) is 5.73 Å². The predicted molar refractivity (Wildman–Crippen MR) is 72.0 cm³/mol. The van der Waals surface area contributed by atoms with Gasteiger partial charge in [-0.25, -0.2) is 13.4 Å². The zero-order valence-corrected chi connectivity index (χ0v) is 12.4. The molecule has 1 heterocycles. The average Bonchev–Trinajstić information content (AvgIpc) is 2.63. The zero-order valence-electron chi connectivity index (χ0n) is 10.7. The molecule has 1 aromatic heterocycles. The maximum absolute atomic E-state index is 11.9. The molecule has 0 aliphatic rings. The van der Waals surface area contributed by atoms with E-state index in [1.165, 1.54) is 11.3 Å². The third-order valence-corrected chi connectivity index (χ3v) is 5.72. The third kappa shape index (κ3) is 3.76. The minimum Gasteiger partial charge on any atom is -0.329 e. The van der Waals surface area contributed by atoms with Gasteiger partial charge in [0, 0.05) is 17.3 Å². The fraction of sp³-hybridized carbons (Fsp3) is 0.727. The van der Waals surface area contributed by atoms with E-state index >= 15 is 0 Å². The van der Waals surface area contributed by atoms with Crippen LogP contribution >= 0.6 is 11.3 Å². The molecular weight excluding hydrogens is 256 g/mol. The minimum atomic E-state index is -3.17. The van der Waals surface area contributed by atoms with Crippen LogP contribution in [0.4, 0.5) is 0 Å². The number of rotatable bonds is 4. The quantitative estimate of drug-likeness (QED) is 0.908. The molecule has 0 bridgehead atoms. The van der Waals surface area contributed by atoms with Crippen molar-refractivity contribution in [3.8, 4) is 0 Å². The van der Waals surface area contributed by atoms with E-state index in [2.05, 4.69) is 25.8 Å². The highest BCUT2D eigenvalue weighted by molar-refractivity contribution is 7.91. The molecule has 0 aliphatic carbocycles. The van der Waals surface area contributed by atoms with Crippen LogP contribution in [0.15, 0.2) is 5.38 Å². The van der Waals surface area contributed by atoms with Gasteiger partial charge in [0.05, 0.1) is 10.9 Å². The number of aromatic nitrogens is 1. The van der Waals surface area contributed by atoms with Crippen molar-refractivity contribution in [1.82, 2.24) is 4.98 Å². The van der Waals surface area contributed by atoms with Crippen molar-refractivity contribution in [1.29, 1.82) is 0 Å². The summed E-state index contributed by atoms with van der Waals surface area (Å²) in [6.45, 7) is 7.96. The van der Waals surface area contributed by atoms with Crippen LogP contribution in [-0.2, 0) is 21.0 Å². The maximum atomic E-state index is 11.9. The van der Waals surface area contributed by atoms with E-state index < -0.39 is 15.1 Å². The van der Waals surface area contributed by atoms with Crippen molar-refractivity contribution < 1.29 is 8.42 Å². The summed E-state index contributed by atoms with van der Waals surface area (Å²) in [6, 6.07) is 0. The van der Waals surface area contributed by atoms with Gasteiger partial charge in [0.2, 0.25) is 0 Å². The summed E-state index contributed by atoms with van der Waals surface area (Å²) in [5.41, 5.74) is 6.28. The van der Waals surface area contributed by atoms with Gasteiger partial charge in [-0.05, 0) is 6.92 Å². The smallest absolute Gasteiger partial charge is 0.160 e. The van der Waals surface area contributed by atoms with Crippen molar-refractivity contribution in [2.24, 2.45) is 5.73 Å². The second-order valence-electron chi connectivity index (χ2n) is 5.23. The van der Waals surface area contributed by atoms with E-state index in [1.807, 2.05) is 5.38 Å². The number of nitrogens with two attached hydrogens (primary N) is 1. The van der Waals surface area contributed by atoms with Crippen LogP contribution in [0.2, 0.25) is 0 Å². The molecule has 0 amide bonds. The van der Waals surface area contributed by atoms with E-state index in [0.29, 0.717) is 5.01 Å². The highest BCUT2D eigenvalue weighted by Crippen LogP contribution is 2.25. The topological polar surface area (TPSA) is 73.1 Å². The third-order valence-electron chi connectivity index (χ3n) is 2.59. The van der Waals surface area contributed by atoms with Crippen LogP contribution < -0.4 is 5.73 Å². The first kappa shape index (κ1) is 14.6. The number of thiazole rings is 1. The second kappa shape index (κ2) is 5.04. The Hall–Kier alpha value is -0.460. The van der Waals surface area contributed by atoms with E-state index in [9.17, 15) is 8.42 Å². The Bertz CT molecular complexity index is 472. The van der Waals surface area contributed by atoms with Crippen molar-refractivity contribution in [2.45, 2.75) is 44.1 Å². The minimum absolute atomic E-state index is 0.00782. The Labute approximate surface area is 107 Å². The van der Waals surface area contributed by atoms with Gasteiger partial charge in [0.15, 0.2) is 9.84 Å². The molecule has 6 heteroatoms. The van der Waals surface area contributed by atoms with Crippen LogP contribution in [0.5, 0.6) is 0 Å². The van der Waals surface area contributed by atoms with Crippen molar-refractivity contribution in [3.05, 3.63) is 16.1 Å². The number of nitrogens with zero attached hydrogens (tertiary/aromatic N) is 1. The summed E-state index contributed by atoms with van der Waals surface area (Å²) < 4.78 is 23.8. The van der Waals surface area contributed by atoms with Crippen LogP contribution in [0.25, 0.3) is 0 Å². The van der Waals surface area contributed by atoms with Crippen LogP contribution in [-0.4, -0.2) is 25.2 Å². The first-order chi connectivity index (χ1) is 7.66. The Morgan fingerprint density at radius 1 is 1.47 bits per heavy atom. The van der Waals surface area contributed by atoms with Gasteiger partial charge in [-0.15, -0.1) is 11.3 Å². The molecule has 0 fully saturated rings. The van der Waals surface area contributed by atoms with Gasteiger partial charge in [0.1, 0.15) is 10.8 Å². The number of sulfone groups is 1. The number of hydrogen-bond donors (Lipinski definition) is 1. The standard InChI is InChI=1S/C11H20N2O2S2/c1-8(5-12)17(14,15)7-10-13-9(6-16-10)11(2,3)4/h6,8H,5,7,12H2,1-4H3. The summed E-state index contributed by atoms with van der Waals surface area (Å²) in [5.74, 6) is -0.00782. The number of hydrogen-bond acceptors (Lipinski definition) is 5. The molecule has 17 heavy (non-hydrogen) atoms. The highest BCUT2D eigenvalue weighted by atomic mass is 32.2. The Kier molecular flexibility index (Phi) is 4.33. The first-order valence-corrected chi connectivity index (χ1v) is 8.13. The van der Waals surface area contributed by atoms with Gasteiger partial charge in [-0.2, -0.15) is 0 Å². The molecule has 0 aliphatic heterocycles. The molecule has 4 nitrogen and oxygen atoms in total. The maximum Gasteiger partial charge on any atom is 0.160 e. The summed E-state index contributed by atoms with van der Waals surface area (Å²) >= 11 is 1.40. The Balaban J connectivity index is 2.87. The Morgan fingerprint density at radius 2 is 2.06 bits per heavy atom. The van der Waals surface area contributed by atoms with E-state index in [1.54, 1.807) is 6.92 Å². The van der Waals surface area contributed by atoms with E-state index in [-0.39, 0.29) is 17.7 Å².